The van der Waals surface area contributed by atoms with Gasteiger partial charge in [0.2, 0.25) is 5.78 Å². The normalized spacial score (nSPS) is 20.9. The Labute approximate surface area is 166 Å². The predicted molar refractivity (Wildman–Crippen MR) is 103 cm³/mol. The summed E-state index contributed by atoms with van der Waals surface area (Å²) in [7, 11) is 0. The molecule has 1 amide bonds. The Balaban J connectivity index is 1.54. The van der Waals surface area contributed by atoms with Crippen molar-refractivity contribution in [2.24, 2.45) is 0 Å². The average molecular weight is 402 g/mol. The lowest BCUT2D eigenvalue weighted by atomic mass is 10.00. The summed E-state index contributed by atoms with van der Waals surface area (Å²) in [4.78, 5) is 30.1. The third-order valence-corrected chi connectivity index (χ3v) is 5.95. The van der Waals surface area contributed by atoms with Gasteiger partial charge in [-0.05, 0) is 30.0 Å². The highest BCUT2D eigenvalue weighted by molar-refractivity contribution is 7.12. The summed E-state index contributed by atoms with van der Waals surface area (Å²) >= 11 is 1.28. The van der Waals surface area contributed by atoms with E-state index in [0.29, 0.717) is 17.2 Å². The first kappa shape index (κ1) is 18.9. The Kier molecular flexibility index (Phi) is 5.61. The molecule has 2 aliphatic heterocycles. The summed E-state index contributed by atoms with van der Waals surface area (Å²) in [6, 6.07) is 6.20. The van der Waals surface area contributed by atoms with Crippen LogP contribution in [0.15, 0.2) is 51.7 Å². The number of Topliss-reactive ketones (excluding diaryl/α,β-unsaturated/α-hetero) is 1. The summed E-state index contributed by atoms with van der Waals surface area (Å²) in [5.74, 6) is -0.865. The lowest BCUT2D eigenvalue weighted by molar-refractivity contribution is -0.129. The first-order valence-electron chi connectivity index (χ1n) is 9.32. The molecule has 4 rings (SSSR count). The number of thiophene rings is 1. The molecule has 4 heterocycles. The standard InChI is InChI=1S/C20H22N2O5S/c23-18(15-5-2-13-28-15)16-17(14-4-1-10-27-14)22(20(25)19(16)24)7-3-6-21-8-11-26-12-9-21/h1-2,4-5,10,13,17,24H,3,6-9,11-12H2/t17-/m0/s1. The molecule has 0 aromatic carbocycles. The van der Waals surface area contributed by atoms with Crippen molar-refractivity contribution in [3.05, 3.63) is 57.9 Å². The quantitative estimate of drug-likeness (QED) is 0.717. The molecule has 28 heavy (non-hydrogen) atoms. The number of morpholine rings is 1. The molecule has 2 aromatic heterocycles. The highest BCUT2D eigenvalue weighted by Gasteiger charge is 2.45. The van der Waals surface area contributed by atoms with E-state index >= 15 is 0 Å². The van der Waals surface area contributed by atoms with Crippen molar-refractivity contribution >= 4 is 23.0 Å². The maximum atomic E-state index is 13.0. The highest BCUT2D eigenvalue weighted by Crippen LogP contribution is 2.39. The van der Waals surface area contributed by atoms with Crippen molar-refractivity contribution in [3.8, 4) is 0 Å². The Bertz CT molecular complexity index is 853. The van der Waals surface area contributed by atoms with Crippen molar-refractivity contribution in [2.45, 2.75) is 12.5 Å². The van der Waals surface area contributed by atoms with Gasteiger partial charge in [0.25, 0.3) is 5.91 Å². The number of ketones is 1. The molecule has 7 nitrogen and oxygen atoms in total. The summed E-state index contributed by atoms with van der Waals surface area (Å²) in [5.41, 5.74) is 0.0915. The number of carbonyl (C=O) groups excluding carboxylic acids is 2. The minimum Gasteiger partial charge on any atom is -0.503 e. The summed E-state index contributed by atoms with van der Waals surface area (Å²) in [6.07, 6.45) is 2.24. The molecule has 1 saturated heterocycles. The molecule has 0 bridgehead atoms. The third kappa shape index (κ3) is 3.63. The van der Waals surface area contributed by atoms with Gasteiger partial charge in [-0.1, -0.05) is 6.07 Å². The Morgan fingerprint density at radius 3 is 2.71 bits per heavy atom. The van der Waals surface area contributed by atoms with E-state index in [1.807, 2.05) is 0 Å². The van der Waals surface area contributed by atoms with E-state index in [0.717, 1.165) is 39.3 Å². The first-order chi connectivity index (χ1) is 13.7. The molecule has 8 heteroatoms. The summed E-state index contributed by atoms with van der Waals surface area (Å²) in [6.45, 7) is 4.45. The van der Waals surface area contributed by atoms with Crippen molar-refractivity contribution in [1.82, 2.24) is 9.80 Å². The molecule has 148 valence electrons. The van der Waals surface area contributed by atoms with Gasteiger partial charge in [0.05, 0.1) is 29.9 Å². The molecule has 2 aliphatic rings. The molecule has 1 fully saturated rings. The SMILES string of the molecule is O=C(C1=C(O)C(=O)N(CCCN2CCOCC2)[C@H]1c1ccco1)c1cccs1. The van der Waals surface area contributed by atoms with Gasteiger partial charge in [-0.25, -0.2) is 0 Å². The van der Waals surface area contributed by atoms with Gasteiger partial charge in [-0.2, -0.15) is 0 Å². The van der Waals surface area contributed by atoms with Crippen LogP contribution in [0.2, 0.25) is 0 Å². The average Bonchev–Trinajstić information content (AvgIpc) is 3.46. The minimum absolute atomic E-state index is 0.0915. The first-order valence-corrected chi connectivity index (χ1v) is 10.2. The number of rotatable bonds is 7. The van der Waals surface area contributed by atoms with Crippen LogP contribution >= 0.6 is 11.3 Å². The van der Waals surface area contributed by atoms with Crippen molar-refractivity contribution in [3.63, 3.8) is 0 Å². The molecule has 1 N–H and O–H groups in total. The van der Waals surface area contributed by atoms with Crippen LogP contribution in [-0.2, 0) is 9.53 Å². The highest BCUT2D eigenvalue weighted by atomic mass is 32.1. The zero-order chi connectivity index (χ0) is 19.5. The minimum atomic E-state index is -0.707. The number of ether oxygens (including phenoxy) is 1. The third-order valence-electron chi connectivity index (χ3n) is 5.08. The molecule has 0 radical (unpaired) electrons. The molecule has 0 aliphatic carbocycles. The van der Waals surface area contributed by atoms with Gasteiger partial charge in [0.1, 0.15) is 11.8 Å². The zero-order valence-electron chi connectivity index (χ0n) is 15.4. The second-order valence-corrected chi connectivity index (χ2v) is 7.74. The largest absolute Gasteiger partial charge is 0.503 e. The smallest absolute Gasteiger partial charge is 0.290 e. The number of aliphatic hydroxyl groups is 1. The second-order valence-electron chi connectivity index (χ2n) is 6.79. The number of hydrogen-bond donors (Lipinski definition) is 1. The number of aliphatic hydroxyl groups excluding tert-OH is 1. The van der Waals surface area contributed by atoms with Gasteiger partial charge in [-0.3, -0.25) is 14.5 Å². The van der Waals surface area contributed by atoms with E-state index in [1.54, 1.807) is 29.6 Å². The monoisotopic (exact) mass is 402 g/mol. The van der Waals surface area contributed by atoms with Crippen LogP contribution in [0, 0.1) is 0 Å². The molecule has 1 atom stereocenters. The van der Waals surface area contributed by atoms with Crippen LogP contribution in [-0.4, -0.2) is 66.0 Å². The van der Waals surface area contributed by atoms with Gasteiger partial charge in [-0.15, -0.1) is 11.3 Å². The van der Waals surface area contributed by atoms with Crippen LogP contribution < -0.4 is 0 Å². The van der Waals surface area contributed by atoms with E-state index < -0.39 is 17.7 Å². The lowest BCUT2D eigenvalue weighted by Crippen LogP contribution is -2.39. The Morgan fingerprint density at radius 2 is 2.04 bits per heavy atom. The van der Waals surface area contributed by atoms with Gasteiger partial charge in [0, 0.05) is 26.2 Å². The van der Waals surface area contributed by atoms with Crippen LogP contribution in [0.5, 0.6) is 0 Å². The van der Waals surface area contributed by atoms with Gasteiger partial charge < -0.3 is 19.2 Å². The summed E-state index contributed by atoms with van der Waals surface area (Å²) < 4.78 is 10.9. The van der Waals surface area contributed by atoms with E-state index in [9.17, 15) is 14.7 Å². The van der Waals surface area contributed by atoms with E-state index in [1.165, 1.54) is 22.5 Å². The van der Waals surface area contributed by atoms with Crippen molar-refractivity contribution in [1.29, 1.82) is 0 Å². The maximum Gasteiger partial charge on any atom is 0.290 e. The van der Waals surface area contributed by atoms with Gasteiger partial charge in [0.15, 0.2) is 5.76 Å². The van der Waals surface area contributed by atoms with Gasteiger partial charge >= 0.3 is 0 Å². The fourth-order valence-electron chi connectivity index (χ4n) is 3.69. The predicted octanol–water partition coefficient (Wildman–Crippen LogP) is 2.64. The fraction of sp³-hybridized carbons (Fsp3) is 0.400. The molecule has 0 unspecified atom stereocenters. The van der Waals surface area contributed by atoms with E-state index in [-0.39, 0.29) is 11.4 Å². The fourth-order valence-corrected chi connectivity index (χ4v) is 4.37. The molecular weight excluding hydrogens is 380 g/mol. The molecule has 0 spiro atoms. The van der Waals surface area contributed by atoms with Crippen molar-refractivity contribution in [2.75, 3.05) is 39.4 Å². The van der Waals surface area contributed by atoms with Crippen LogP contribution in [0.1, 0.15) is 27.9 Å². The maximum absolute atomic E-state index is 13.0. The van der Waals surface area contributed by atoms with Crippen molar-refractivity contribution < 1.29 is 23.8 Å². The topological polar surface area (TPSA) is 83.2 Å². The van der Waals surface area contributed by atoms with Crippen LogP contribution in [0.25, 0.3) is 0 Å². The van der Waals surface area contributed by atoms with E-state index in [2.05, 4.69) is 4.90 Å². The van der Waals surface area contributed by atoms with Crippen LogP contribution in [0.4, 0.5) is 0 Å². The molecular formula is C20H22N2O5S. The Hall–Kier alpha value is -2.42. The second kappa shape index (κ2) is 8.30. The van der Waals surface area contributed by atoms with E-state index in [4.69, 9.17) is 9.15 Å². The summed E-state index contributed by atoms with van der Waals surface area (Å²) in [5, 5.41) is 12.3. The Morgan fingerprint density at radius 1 is 1.21 bits per heavy atom. The number of amides is 1. The number of carbonyl (C=O) groups is 2. The number of hydrogen-bond acceptors (Lipinski definition) is 7. The molecule has 0 saturated carbocycles. The zero-order valence-corrected chi connectivity index (χ0v) is 16.2. The van der Waals surface area contributed by atoms with Crippen LogP contribution in [0.3, 0.4) is 0 Å². The number of furan rings is 1. The lowest BCUT2D eigenvalue weighted by Gasteiger charge is -2.29. The number of nitrogens with zero attached hydrogens (tertiary/aromatic N) is 2. The molecule has 2 aromatic rings.